The van der Waals surface area contributed by atoms with Crippen molar-refractivity contribution in [3.05, 3.63) is 89.0 Å². The zero-order chi connectivity index (χ0) is 25.4. The zero-order valence-electron chi connectivity index (χ0n) is 19.4. The first-order valence-electron chi connectivity index (χ1n) is 11.0. The van der Waals surface area contributed by atoms with E-state index in [0.29, 0.717) is 39.1 Å². The monoisotopic (exact) mass is 499 g/mol. The van der Waals surface area contributed by atoms with Crippen molar-refractivity contribution < 1.29 is 19.1 Å². The van der Waals surface area contributed by atoms with Gasteiger partial charge in [0.05, 0.1) is 12.4 Å². The number of methoxy groups -OCH3 is 1. The molecule has 1 aliphatic carbocycles. The molecule has 1 amide bonds. The maximum Gasteiger partial charge on any atom is 0.237 e. The van der Waals surface area contributed by atoms with Crippen molar-refractivity contribution in [2.75, 3.05) is 18.3 Å². The predicted molar refractivity (Wildman–Crippen MR) is 136 cm³/mol. The molecule has 5 rings (SSSR count). The van der Waals surface area contributed by atoms with Crippen LogP contribution in [-0.4, -0.2) is 44.7 Å². The first-order chi connectivity index (χ1) is 17.4. The van der Waals surface area contributed by atoms with Gasteiger partial charge in [0.2, 0.25) is 11.1 Å². The number of nitrogens with zero attached hydrogens (tertiary/aromatic N) is 3. The van der Waals surface area contributed by atoms with Crippen LogP contribution >= 0.6 is 11.8 Å². The van der Waals surface area contributed by atoms with Gasteiger partial charge in [-0.1, -0.05) is 36.0 Å². The van der Waals surface area contributed by atoms with Crippen LogP contribution in [0.3, 0.4) is 0 Å². The van der Waals surface area contributed by atoms with Gasteiger partial charge in [0, 0.05) is 33.5 Å². The highest BCUT2D eigenvalue weighted by molar-refractivity contribution is 8.00. The lowest BCUT2D eigenvalue weighted by molar-refractivity contribution is -0.115. The van der Waals surface area contributed by atoms with Crippen molar-refractivity contribution in [3.63, 3.8) is 0 Å². The summed E-state index contributed by atoms with van der Waals surface area (Å²) in [6, 6.07) is 18.7. The molecule has 0 saturated heterocycles. The van der Waals surface area contributed by atoms with E-state index in [4.69, 9.17) is 10.6 Å². The third kappa shape index (κ3) is 4.11. The molecule has 0 aliphatic heterocycles. The Labute approximate surface area is 210 Å². The lowest BCUT2D eigenvalue weighted by Crippen LogP contribution is -2.25. The van der Waals surface area contributed by atoms with E-state index in [0.717, 1.165) is 17.3 Å². The van der Waals surface area contributed by atoms with Gasteiger partial charge in [-0.05, 0) is 49.4 Å². The van der Waals surface area contributed by atoms with Crippen LogP contribution in [0.15, 0.2) is 71.9 Å². The number of ether oxygens (including phenoxy) is 1. The Kier molecular flexibility index (Phi) is 6.03. The van der Waals surface area contributed by atoms with Crippen LogP contribution in [0.1, 0.15) is 38.8 Å². The smallest absolute Gasteiger partial charge is 0.237 e. The Morgan fingerprint density at radius 2 is 1.58 bits per heavy atom. The van der Waals surface area contributed by atoms with Gasteiger partial charge in [0.25, 0.3) is 0 Å². The van der Waals surface area contributed by atoms with Crippen molar-refractivity contribution in [1.29, 1.82) is 0 Å². The summed E-state index contributed by atoms with van der Waals surface area (Å²) in [5.41, 5.74) is 2.50. The van der Waals surface area contributed by atoms with E-state index in [1.54, 1.807) is 62.6 Å². The van der Waals surface area contributed by atoms with E-state index < -0.39 is 5.25 Å². The second kappa shape index (κ2) is 9.31. The molecule has 0 bridgehead atoms. The summed E-state index contributed by atoms with van der Waals surface area (Å²) in [5, 5.41) is 10.9. The van der Waals surface area contributed by atoms with Crippen LogP contribution in [-0.2, 0) is 4.79 Å². The van der Waals surface area contributed by atoms with Crippen molar-refractivity contribution in [2.24, 2.45) is 0 Å². The average molecular weight is 500 g/mol. The molecule has 3 N–H and O–H groups in total. The number of hydrogen-bond acceptors (Lipinski definition) is 8. The Morgan fingerprint density at radius 3 is 2.25 bits per heavy atom. The third-order valence-electron chi connectivity index (χ3n) is 5.86. The van der Waals surface area contributed by atoms with E-state index in [1.165, 1.54) is 10.7 Å². The molecule has 0 saturated carbocycles. The number of benzene rings is 3. The first kappa shape index (κ1) is 23.3. The highest BCUT2D eigenvalue weighted by atomic mass is 32.2. The van der Waals surface area contributed by atoms with Crippen LogP contribution in [0.25, 0.3) is 11.4 Å². The van der Waals surface area contributed by atoms with Crippen LogP contribution < -0.4 is 15.9 Å². The zero-order valence-corrected chi connectivity index (χ0v) is 20.2. The van der Waals surface area contributed by atoms with Crippen molar-refractivity contribution in [2.45, 2.75) is 17.3 Å². The molecule has 1 aliphatic rings. The summed E-state index contributed by atoms with van der Waals surface area (Å²) in [5.74, 6) is 6.57. The Morgan fingerprint density at radius 1 is 0.944 bits per heavy atom. The Hall–Kier alpha value is -4.44. The summed E-state index contributed by atoms with van der Waals surface area (Å²) in [7, 11) is 1.59. The molecule has 1 atom stereocenters. The van der Waals surface area contributed by atoms with Crippen molar-refractivity contribution in [3.8, 4) is 17.1 Å². The number of anilines is 1. The molecular weight excluding hydrogens is 478 g/mol. The molecule has 1 heterocycles. The Bertz CT molecular complexity index is 1510. The molecule has 4 aromatic rings. The normalized spacial score (nSPS) is 13.1. The van der Waals surface area contributed by atoms with Crippen LogP contribution in [0.4, 0.5) is 5.69 Å². The molecule has 0 spiro atoms. The molecule has 9 nitrogen and oxygen atoms in total. The fourth-order valence-corrected chi connectivity index (χ4v) is 4.70. The lowest BCUT2D eigenvalue weighted by atomic mass is 9.84. The molecule has 1 unspecified atom stereocenters. The number of ketones is 2. The van der Waals surface area contributed by atoms with Gasteiger partial charge in [-0.2, -0.15) is 0 Å². The number of aromatic nitrogens is 3. The SMILES string of the molecule is COc1ccc(-c2nnc(SC(C)C(=O)Nc3ccc4c(c3)C(=O)c3ccccc3C4=O)n2N)cc1. The van der Waals surface area contributed by atoms with Crippen LogP contribution in [0.5, 0.6) is 5.75 Å². The molecule has 1 aromatic heterocycles. The summed E-state index contributed by atoms with van der Waals surface area (Å²) in [4.78, 5) is 38.6. The number of hydrogen-bond donors (Lipinski definition) is 2. The number of carbonyl (C=O) groups excluding carboxylic acids is 3. The first-order valence-corrected chi connectivity index (χ1v) is 11.9. The highest BCUT2D eigenvalue weighted by Gasteiger charge is 2.30. The fourth-order valence-electron chi connectivity index (χ4n) is 3.93. The summed E-state index contributed by atoms with van der Waals surface area (Å²) >= 11 is 1.15. The predicted octanol–water partition coefficient (Wildman–Crippen LogP) is 3.56. The molecule has 36 heavy (non-hydrogen) atoms. The van der Waals surface area contributed by atoms with Gasteiger partial charge in [0.15, 0.2) is 17.4 Å². The Balaban J connectivity index is 1.30. The third-order valence-corrected chi connectivity index (χ3v) is 6.91. The molecule has 0 radical (unpaired) electrons. The quantitative estimate of drug-likeness (QED) is 0.268. The molecule has 3 aromatic carbocycles. The van der Waals surface area contributed by atoms with Crippen LogP contribution in [0, 0.1) is 0 Å². The number of nitrogens with two attached hydrogens (primary N) is 1. The van der Waals surface area contributed by atoms with Gasteiger partial charge >= 0.3 is 0 Å². The maximum absolute atomic E-state index is 13.0. The van der Waals surface area contributed by atoms with Gasteiger partial charge in [0.1, 0.15) is 5.75 Å². The highest BCUT2D eigenvalue weighted by Crippen LogP contribution is 2.30. The number of carbonyl (C=O) groups is 3. The molecular formula is C26H21N5O4S. The minimum atomic E-state index is -0.575. The minimum absolute atomic E-state index is 0.211. The van der Waals surface area contributed by atoms with Crippen LogP contribution in [0.2, 0.25) is 0 Å². The topological polar surface area (TPSA) is 129 Å². The van der Waals surface area contributed by atoms with E-state index in [2.05, 4.69) is 15.5 Å². The number of fused-ring (bicyclic) bond motifs is 2. The number of nitrogens with one attached hydrogen (secondary N) is 1. The lowest BCUT2D eigenvalue weighted by Gasteiger charge is -2.18. The average Bonchev–Trinajstić information content (AvgIpc) is 3.26. The van der Waals surface area contributed by atoms with Gasteiger partial charge in [-0.15, -0.1) is 10.2 Å². The maximum atomic E-state index is 13.0. The van der Waals surface area contributed by atoms with Crippen molar-refractivity contribution >= 4 is 34.9 Å². The summed E-state index contributed by atoms with van der Waals surface area (Å²) < 4.78 is 6.50. The standard InChI is InChI=1S/C26H21N5O4S/c1-14(36-26-30-29-24(31(26)27)15-7-10-17(35-2)11-8-15)25(34)28-16-9-12-20-21(13-16)23(33)19-6-4-3-5-18(19)22(20)32/h3-14H,27H2,1-2H3,(H,28,34). The summed E-state index contributed by atoms with van der Waals surface area (Å²) in [6.45, 7) is 1.71. The van der Waals surface area contributed by atoms with E-state index in [9.17, 15) is 14.4 Å². The number of rotatable bonds is 6. The molecule has 0 fully saturated rings. The number of amides is 1. The largest absolute Gasteiger partial charge is 0.497 e. The minimum Gasteiger partial charge on any atom is -0.497 e. The summed E-state index contributed by atoms with van der Waals surface area (Å²) in [6.07, 6.45) is 0. The van der Waals surface area contributed by atoms with Gasteiger partial charge in [-0.25, -0.2) is 4.68 Å². The van der Waals surface area contributed by atoms with E-state index in [1.807, 2.05) is 12.1 Å². The fraction of sp³-hybridized carbons (Fsp3) is 0.115. The van der Waals surface area contributed by atoms with Gasteiger partial charge < -0.3 is 15.9 Å². The molecule has 180 valence electrons. The molecule has 10 heteroatoms. The second-order valence-corrected chi connectivity index (χ2v) is 9.43. The number of nitrogen functional groups attached to an aromatic ring is 1. The van der Waals surface area contributed by atoms with Crippen molar-refractivity contribution in [1.82, 2.24) is 14.9 Å². The second-order valence-electron chi connectivity index (χ2n) is 8.12. The van der Waals surface area contributed by atoms with Gasteiger partial charge in [-0.3, -0.25) is 14.4 Å². The van der Waals surface area contributed by atoms with E-state index >= 15 is 0 Å². The number of thioether (sulfide) groups is 1. The van der Waals surface area contributed by atoms with E-state index in [-0.39, 0.29) is 23.0 Å².